The van der Waals surface area contributed by atoms with Gasteiger partial charge in [0.15, 0.2) is 0 Å². The Balaban J connectivity index is 1.77. The number of hydrogen-bond acceptors (Lipinski definition) is 3. The fourth-order valence-electron chi connectivity index (χ4n) is 2.44. The fraction of sp³-hybridized carbons (Fsp3) is 0.562. The first kappa shape index (κ1) is 15.8. The van der Waals surface area contributed by atoms with E-state index in [1.165, 1.54) is 6.07 Å². The van der Waals surface area contributed by atoms with Gasteiger partial charge in [0.1, 0.15) is 11.4 Å². The molecule has 1 N–H and O–H groups in total. The molecule has 0 aliphatic carbocycles. The molecule has 1 amide bonds. The highest BCUT2D eigenvalue weighted by Crippen LogP contribution is 2.21. The smallest absolute Gasteiger partial charge is 0.407 e. The maximum Gasteiger partial charge on any atom is 0.407 e. The van der Waals surface area contributed by atoms with Crippen LogP contribution in [0.1, 0.15) is 31.9 Å². The molecule has 116 valence electrons. The zero-order valence-electron chi connectivity index (χ0n) is 12.9. The zero-order chi connectivity index (χ0) is 15.5. The quantitative estimate of drug-likeness (QED) is 0.932. The summed E-state index contributed by atoms with van der Waals surface area (Å²) >= 11 is 0. The van der Waals surface area contributed by atoms with Crippen molar-refractivity contribution in [3.63, 3.8) is 0 Å². The molecule has 21 heavy (non-hydrogen) atoms. The van der Waals surface area contributed by atoms with Gasteiger partial charge in [0.2, 0.25) is 0 Å². The van der Waals surface area contributed by atoms with Crippen LogP contribution < -0.4 is 5.32 Å². The molecular weight excluding hydrogens is 271 g/mol. The Morgan fingerprint density at radius 3 is 2.90 bits per heavy atom. The summed E-state index contributed by atoms with van der Waals surface area (Å²) in [5.41, 5.74) is 1.39. The van der Waals surface area contributed by atoms with E-state index in [1.54, 1.807) is 6.07 Å². The SMILES string of the molecule is CC(C)(C)OC(=O)NCCN1CCc2c(F)cccc2C1. The van der Waals surface area contributed by atoms with Crippen LogP contribution in [-0.2, 0) is 17.7 Å². The second-order valence-electron chi connectivity index (χ2n) is 6.33. The number of amides is 1. The highest BCUT2D eigenvalue weighted by molar-refractivity contribution is 5.67. The maximum absolute atomic E-state index is 13.6. The predicted molar refractivity (Wildman–Crippen MR) is 79.6 cm³/mol. The summed E-state index contributed by atoms with van der Waals surface area (Å²) in [6, 6.07) is 5.22. The number of benzene rings is 1. The molecule has 0 spiro atoms. The maximum atomic E-state index is 13.6. The van der Waals surface area contributed by atoms with Crippen LogP contribution >= 0.6 is 0 Å². The van der Waals surface area contributed by atoms with Crippen LogP contribution in [0.3, 0.4) is 0 Å². The minimum atomic E-state index is -0.480. The molecule has 2 rings (SSSR count). The number of rotatable bonds is 3. The van der Waals surface area contributed by atoms with E-state index < -0.39 is 11.7 Å². The Hall–Kier alpha value is -1.62. The van der Waals surface area contributed by atoms with Crippen molar-refractivity contribution >= 4 is 6.09 Å². The van der Waals surface area contributed by atoms with Gasteiger partial charge in [-0.05, 0) is 44.4 Å². The highest BCUT2D eigenvalue weighted by Gasteiger charge is 2.19. The van der Waals surface area contributed by atoms with Crippen LogP contribution in [0.4, 0.5) is 9.18 Å². The first-order valence-electron chi connectivity index (χ1n) is 7.30. The summed E-state index contributed by atoms with van der Waals surface area (Å²) in [5, 5.41) is 2.74. The molecule has 1 aromatic rings. The molecular formula is C16H23FN2O2. The molecule has 0 saturated heterocycles. The third kappa shape index (κ3) is 4.70. The lowest BCUT2D eigenvalue weighted by molar-refractivity contribution is 0.0521. The van der Waals surface area contributed by atoms with Gasteiger partial charge in [-0.1, -0.05) is 12.1 Å². The van der Waals surface area contributed by atoms with Crippen molar-refractivity contribution < 1.29 is 13.9 Å². The molecule has 5 heteroatoms. The Labute approximate surface area is 125 Å². The average Bonchev–Trinajstić information content (AvgIpc) is 2.36. The average molecular weight is 294 g/mol. The Morgan fingerprint density at radius 1 is 1.43 bits per heavy atom. The van der Waals surface area contributed by atoms with E-state index in [-0.39, 0.29) is 5.82 Å². The van der Waals surface area contributed by atoms with Crippen molar-refractivity contribution in [3.05, 3.63) is 35.1 Å². The van der Waals surface area contributed by atoms with Crippen molar-refractivity contribution in [2.75, 3.05) is 19.6 Å². The standard InChI is InChI=1S/C16H23FN2O2/c1-16(2,3)21-15(20)18-8-10-19-9-7-13-12(11-19)5-4-6-14(13)17/h4-6H,7-11H2,1-3H3,(H,18,20). The summed E-state index contributed by atoms with van der Waals surface area (Å²) in [6.07, 6.45) is 0.319. The first-order chi connectivity index (χ1) is 9.85. The molecule has 4 nitrogen and oxygen atoms in total. The number of carbonyl (C=O) groups is 1. The third-order valence-corrected chi connectivity index (χ3v) is 3.38. The van der Waals surface area contributed by atoms with E-state index in [4.69, 9.17) is 4.74 Å². The van der Waals surface area contributed by atoms with E-state index in [0.29, 0.717) is 13.0 Å². The number of nitrogens with one attached hydrogen (secondary N) is 1. The monoisotopic (exact) mass is 294 g/mol. The molecule has 1 aliphatic rings. The molecule has 0 saturated carbocycles. The van der Waals surface area contributed by atoms with Crippen molar-refractivity contribution in [2.24, 2.45) is 0 Å². The molecule has 1 aromatic carbocycles. The molecule has 0 aromatic heterocycles. The number of alkyl carbamates (subject to hydrolysis) is 1. The Kier molecular flexibility index (Phi) is 4.83. The molecule has 0 radical (unpaired) electrons. The summed E-state index contributed by atoms with van der Waals surface area (Å²) in [7, 11) is 0. The number of nitrogens with zero attached hydrogens (tertiary/aromatic N) is 1. The second-order valence-corrected chi connectivity index (χ2v) is 6.33. The summed E-state index contributed by atoms with van der Waals surface area (Å²) in [5.74, 6) is -0.112. The minimum absolute atomic E-state index is 0.112. The van der Waals surface area contributed by atoms with Gasteiger partial charge in [0, 0.05) is 26.2 Å². The summed E-state index contributed by atoms with van der Waals surface area (Å²) < 4.78 is 18.8. The lowest BCUT2D eigenvalue weighted by atomic mass is 9.99. The van der Waals surface area contributed by atoms with Gasteiger partial charge >= 0.3 is 6.09 Å². The number of ether oxygens (including phenoxy) is 1. The summed E-state index contributed by atoms with van der Waals surface area (Å²) in [4.78, 5) is 13.7. The molecule has 1 heterocycles. The van der Waals surface area contributed by atoms with Crippen molar-refractivity contribution in [3.8, 4) is 0 Å². The lowest BCUT2D eigenvalue weighted by Gasteiger charge is -2.29. The van der Waals surface area contributed by atoms with E-state index in [9.17, 15) is 9.18 Å². The van der Waals surface area contributed by atoms with Crippen molar-refractivity contribution in [2.45, 2.75) is 39.3 Å². The Bertz CT molecular complexity index is 511. The van der Waals surface area contributed by atoms with Gasteiger partial charge in [-0.15, -0.1) is 0 Å². The fourth-order valence-corrected chi connectivity index (χ4v) is 2.44. The first-order valence-corrected chi connectivity index (χ1v) is 7.30. The lowest BCUT2D eigenvalue weighted by Crippen LogP contribution is -2.39. The highest BCUT2D eigenvalue weighted by atomic mass is 19.1. The van der Waals surface area contributed by atoms with E-state index in [2.05, 4.69) is 10.2 Å². The number of carbonyl (C=O) groups excluding carboxylic acids is 1. The van der Waals surface area contributed by atoms with Gasteiger partial charge in [-0.2, -0.15) is 0 Å². The van der Waals surface area contributed by atoms with Crippen LogP contribution in [0.5, 0.6) is 0 Å². The van der Waals surface area contributed by atoms with Gasteiger partial charge < -0.3 is 10.1 Å². The second kappa shape index (κ2) is 6.43. The van der Waals surface area contributed by atoms with Crippen LogP contribution in [0.2, 0.25) is 0 Å². The van der Waals surface area contributed by atoms with Crippen LogP contribution in [0.15, 0.2) is 18.2 Å². The molecule has 0 unspecified atom stereocenters. The Morgan fingerprint density at radius 2 is 2.19 bits per heavy atom. The molecule has 1 aliphatic heterocycles. The van der Waals surface area contributed by atoms with Crippen LogP contribution in [0, 0.1) is 5.82 Å². The predicted octanol–water partition coefficient (Wildman–Crippen LogP) is 2.71. The molecule has 0 atom stereocenters. The number of hydrogen-bond donors (Lipinski definition) is 1. The van der Waals surface area contributed by atoms with E-state index in [1.807, 2.05) is 26.8 Å². The topological polar surface area (TPSA) is 41.6 Å². The van der Waals surface area contributed by atoms with Gasteiger partial charge in [0.05, 0.1) is 0 Å². The van der Waals surface area contributed by atoms with Gasteiger partial charge in [0.25, 0.3) is 0 Å². The van der Waals surface area contributed by atoms with Crippen LogP contribution in [-0.4, -0.2) is 36.2 Å². The van der Waals surface area contributed by atoms with Crippen LogP contribution in [0.25, 0.3) is 0 Å². The van der Waals surface area contributed by atoms with Crippen molar-refractivity contribution in [1.29, 1.82) is 0 Å². The minimum Gasteiger partial charge on any atom is -0.444 e. The van der Waals surface area contributed by atoms with Crippen molar-refractivity contribution in [1.82, 2.24) is 10.2 Å². The van der Waals surface area contributed by atoms with Gasteiger partial charge in [-0.3, -0.25) is 4.90 Å². The number of halogens is 1. The third-order valence-electron chi connectivity index (χ3n) is 3.38. The van der Waals surface area contributed by atoms with Gasteiger partial charge in [-0.25, -0.2) is 9.18 Å². The molecule has 0 fully saturated rings. The normalized spacial score (nSPS) is 15.4. The number of fused-ring (bicyclic) bond motifs is 1. The largest absolute Gasteiger partial charge is 0.444 e. The van der Waals surface area contributed by atoms with E-state index in [0.717, 1.165) is 30.8 Å². The molecule has 0 bridgehead atoms. The zero-order valence-corrected chi connectivity index (χ0v) is 12.9. The van der Waals surface area contributed by atoms with E-state index >= 15 is 0 Å². The summed E-state index contributed by atoms with van der Waals surface area (Å²) in [6.45, 7) is 8.30.